The predicted octanol–water partition coefficient (Wildman–Crippen LogP) is -0.514. The fraction of sp³-hybridized carbons (Fsp3) is 0.875. The van der Waals surface area contributed by atoms with E-state index in [1.807, 2.05) is 4.90 Å². The third kappa shape index (κ3) is 2.93. The number of hydrogen-bond acceptors (Lipinski definition) is 4. The molecule has 0 aromatic rings. The zero-order valence-corrected chi connectivity index (χ0v) is 8.81. The lowest BCUT2D eigenvalue weighted by Gasteiger charge is -2.34. The fourth-order valence-electron chi connectivity index (χ4n) is 1.60. The number of hydrogen-bond donors (Lipinski definition) is 1. The Labute approximate surface area is 80.2 Å². The number of nitrogens with zero attached hydrogens (tertiary/aromatic N) is 1. The Balaban J connectivity index is 2.67. The lowest BCUT2D eigenvalue weighted by atomic mass is 10.3. The van der Waals surface area contributed by atoms with Gasteiger partial charge in [0.25, 0.3) is 0 Å². The molecular weight excluding hydrogens is 188 g/mol. The normalized spacial score (nSPS) is 26.2. The molecule has 5 heteroatoms. The van der Waals surface area contributed by atoms with Crippen LogP contribution in [0.3, 0.4) is 0 Å². The van der Waals surface area contributed by atoms with E-state index < -0.39 is 9.84 Å². The molecule has 1 atom stereocenters. The summed E-state index contributed by atoms with van der Waals surface area (Å²) in [4.78, 5) is 1.98. The minimum absolute atomic E-state index is 0.358. The Hall–Kier alpha value is -0.130. The van der Waals surface area contributed by atoms with Crippen molar-refractivity contribution in [1.82, 2.24) is 10.2 Å². The van der Waals surface area contributed by atoms with Crippen molar-refractivity contribution in [3.8, 4) is 0 Å². The summed E-state index contributed by atoms with van der Waals surface area (Å²) in [6, 6.07) is 0. The van der Waals surface area contributed by atoms with Crippen molar-refractivity contribution < 1.29 is 8.42 Å². The van der Waals surface area contributed by atoms with E-state index >= 15 is 0 Å². The molecule has 1 aliphatic rings. The van der Waals surface area contributed by atoms with Gasteiger partial charge in [0, 0.05) is 25.9 Å². The number of sulfone groups is 1. The summed E-state index contributed by atoms with van der Waals surface area (Å²) >= 11 is 0. The molecule has 0 aromatic heterocycles. The first-order chi connectivity index (χ1) is 6.05. The van der Waals surface area contributed by atoms with E-state index in [4.69, 9.17) is 0 Å². The quantitative estimate of drug-likeness (QED) is 0.674. The molecule has 0 amide bonds. The van der Waals surface area contributed by atoms with Crippen molar-refractivity contribution >= 4 is 9.84 Å². The highest BCUT2D eigenvalue weighted by Crippen LogP contribution is 2.09. The van der Waals surface area contributed by atoms with Crippen LogP contribution in [0.4, 0.5) is 0 Å². The minimum atomic E-state index is -2.96. The maximum atomic E-state index is 11.4. The largest absolute Gasteiger partial charge is 0.313 e. The smallest absolute Gasteiger partial charge is 0.164 e. The molecule has 0 bridgehead atoms. The molecule has 1 saturated heterocycles. The van der Waals surface area contributed by atoms with Gasteiger partial charge in [0.15, 0.2) is 9.84 Å². The Morgan fingerprint density at radius 2 is 2.31 bits per heavy atom. The van der Waals surface area contributed by atoms with Crippen molar-refractivity contribution in [3.05, 3.63) is 6.92 Å². The molecule has 1 fully saturated rings. The molecule has 1 rings (SSSR count). The van der Waals surface area contributed by atoms with Crippen molar-refractivity contribution in [3.63, 3.8) is 0 Å². The van der Waals surface area contributed by atoms with Crippen molar-refractivity contribution in [2.75, 3.05) is 32.4 Å². The molecule has 0 saturated carbocycles. The molecule has 0 aromatic carbocycles. The molecule has 1 unspecified atom stereocenters. The zero-order chi connectivity index (χ0) is 9.90. The molecule has 1 N–H and O–H groups in total. The highest BCUT2D eigenvalue weighted by molar-refractivity contribution is 7.91. The SMILES string of the molecule is [CH2]CCN1CCNCC1S(C)(=O)=O. The average molecular weight is 205 g/mol. The number of rotatable bonds is 3. The van der Waals surface area contributed by atoms with E-state index in [1.165, 1.54) is 6.26 Å². The molecule has 77 valence electrons. The molecule has 1 radical (unpaired) electrons. The summed E-state index contributed by atoms with van der Waals surface area (Å²) in [7, 11) is -2.96. The van der Waals surface area contributed by atoms with Crippen LogP contribution in [0.15, 0.2) is 0 Å². The van der Waals surface area contributed by atoms with Gasteiger partial charge >= 0.3 is 0 Å². The molecule has 1 aliphatic heterocycles. The Bertz CT molecular complexity index is 249. The molecular formula is C8H17N2O2S. The lowest BCUT2D eigenvalue weighted by molar-refractivity contribution is 0.214. The first-order valence-electron chi connectivity index (χ1n) is 4.48. The van der Waals surface area contributed by atoms with Crippen LogP contribution in [-0.4, -0.2) is 51.1 Å². The summed E-state index contributed by atoms with van der Waals surface area (Å²) in [5, 5.41) is 2.73. The van der Waals surface area contributed by atoms with Crippen molar-refractivity contribution in [2.45, 2.75) is 11.8 Å². The summed E-state index contributed by atoms with van der Waals surface area (Å²) in [6.45, 7) is 6.71. The minimum Gasteiger partial charge on any atom is -0.313 e. The van der Waals surface area contributed by atoms with E-state index in [1.54, 1.807) is 0 Å². The van der Waals surface area contributed by atoms with E-state index in [-0.39, 0.29) is 5.37 Å². The summed E-state index contributed by atoms with van der Waals surface area (Å²) < 4.78 is 22.7. The molecule has 4 nitrogen and oxygen atoms in total. The standard InChI is InChI=1S/C8H17N2O2S/c1-3-5-10-6-4-9-7-8(10)13(2,11)12/h8-9H,1,3-7H2,2H3. The van der Waals surface area contributed by atoms with Gasteiger partial charge in [-0.25, -0.2) is 8.42 Å². The second-order valence-electron chi connectivity index (χ2n) is 3.38. The van der Waals surface area contributed by atoms with Crippen LogP contribution in [0.2, 0.25) is 0 Å². The maximum absolute atomic E-state index is 11.4. The van der Waals surface area contributed by atoms with Gasteiger partial charge in [0.1, 0.15) is 5.37 Å². The Morgan fingerprint density at radius 1 is 1.62 bits per heavy atom. The summed E-state index contributed by atoms with van der Waals surface area (Å²) in [6.07, 6.45) is 2.05. The Kier molecular flexibility index (Phi) is 3.70. The van der Waals surface area contributed by atoms with E-state index in [9.17, 15) is 8.42 Å². The van der Waals surface area contributed by atoms with Gasteiger partial charge < -0.3 is 5.32 Å². The van der Waals surface area contributed by atoms with Gasteiger partial charge in [-0.15, -0.1) is 0 Å². The van der Waals surface area contributed by atoms with Crippen LogP contribution in [0.25, 0.3) is 0 Å². The predicted molar refractivity (Wildman–Crippen MR) is 53.0 cm³/mol. The third-order valence-electron chi connectivity index (χ3n) is 2.24. The monoisotopic (exact) mass is 205 g/mol. The first kappa shape index (κ1) is 10.9. The van der Waals surface area contributed by atoms with E-state index in [0.29, 0.717) is 6.54 Å². The van der Waals surface area contributed by atoms with Gasteiger partial charge in [-0.05, 0) is 13.0 Å². The van der Waals surface area contributed by atoms with Crippen molar-refractivity contribution in [2.24, 2.45) is 0 Å². The molecule has 0 spiro atoms. The number of nitrogens with one attached hydrogen (secondary N) is 1. The average Bonchev–Trinajstić information content (AvgIpc) is 2.04. The van der Waals surface area contributed by atoms with Crippen LogP contribution in [0.1, 0.15) is 6.42 Å². The highest BCUT2D eigenvalue weighted by atomic mass is 32.2. The first-order valence-corrected chi connectivity index (χ1v) is 6.44. The number of piperazine rings is 1. The summed E-state index contributed by atoms with van der Waals surface area (Å²) in [5.74, 6) is 0. The third-order valence-corrected chi connectivity index (χ3v) is 3.69. The van der Waals surface area contributed by atoms with Gasteiger partial charge in [-0.1, -0.05) is 6.92 Å². The Morgan fingerprint density at radius 3 is 2.85 bits per heavy atom. The van der Waals surface area contributed by atoms with Crippen molar-refractivity contribution in [1.29, 1.82) is 0 Å². The van der Waals surface area contributed by atoms with Crippen LogP contribution in [-0.2, 0) is 9.84 Å². The molecule has 13 heavy (non-hydrogen) atoms. The second kappa shape index (κ2) is 4.39. The van der Waals surface area contributed by atoms with E-state index in [0.717, 1.165) is 26.1 Å². The van der Waals surface area contributed by atoms with Gasteiger partial charge in [-0.3, -0.25) is 4.90 Å². The summed E-state index contributed by atoms with van der Waals surface area (Å²) in [5.41, 5.74) is 0. The van der Waals surface area contributed by atoms with Crippen LogP contribution in [0, 0.1) is 6.92 Å². The topological polar surface area (TPSA) is 49.4 Å². The zero-order valence-electron chi connectivity index (χ0n) is 7.99. The van der Waals surface area contributed by atoms with Gasteiger partial charge in [-0.2, -0.15) is 0 Å². The second-order valence-corrected chi connectivity index (χ2v) is 5.58. The fourth-order valence-corrected chi connectivity index (χ4v) is 2.78. The van der Waals surface area contributed by atoms with E-state index in [2.05, 4.69) is 12.2 Å². The lowest BCUT2D eigenvalue weighted by Crippen LogP contribution is -2.54. The molecule has 0 aliphatic carbocycles. The van der Waals surface area contributed by atoms with Gasteiger partial charge in [0.05, 0.1) is 0 Å². The molecule has 1 heterocycles. The van der Waals surface area contributed by atoms with Crippen LogP contribution >= 0.6 is 0 Å². The highest BCUT2D eigenvalue weighted by Gasteiger charge is 2.29. The van der Waals surface area contributed by atoms with Crippen LogP contribution < -0.4 is 5.32 Å². The maximum Gasteiger partial charge on any atom is 0.164 e. The van der Waals surface area contributed by atoms with Gasteiger partial charge in [0.2, 0.25) is 0 Å². The van der Waals surface area contributed by atoms with Crippen LogP contribution in [0.5, 0.6) is 0 Å².